The van der Waals surface area contributed by atoms with E-state index in [1.54, 1.807) is 24.5 Å². The van der Waals surface area contributed by atoms with Crippen LogP contribution in [0.1, 0.15) is 22.2 Å². The number of benzene rings is 1. The van der Waals surface area contributed by atoms with Crippen molar-refractivity contribution in [3.8, 4) is 0 Å². The second kappa shape index (κ2) is 8.03. The summed E-state index contributed by atoms with van der Waals surface area (Å²) in [5.41, 5.74) is 0.404. The number of halogens is 2. The highest BCUT2D eigenvalue weighted by molar-refractivity contribution is 6.36. The van der Waals surface area contributed by atoms with Gasteiger partial charge in [0.25, 0.3) is 5.91 Å². The van der Waals surface area contributed by atoms with E-state index in [1.165, 1.54) is 0 Å². The van der Waals surface area contributed by atoms with Gasteiger partial charge in [-0.3, -0.25) is 9.69 Å². The molecule has 0 bridgehead atoms. The van der Waals surface area contributed by atoms with Crippen LogP contribution in [-0.4, -0.2) is 43.7 Å². The second-order valence-corrected chi connectivity index (χ2v) is 6.36. The summed E-state index contributed by atoms with van der Waals surface area (Å²) in [6, 6.07) is 8.55. The molecule has 24 heavy (non-hydrogen) atoms. The average molecular weight is 369 g/mol. The number of furan rings is 1. The zero-order valence-corrected chi connectivity index (χ0v) is 14.5. The van der Waals surface area contributed by atoms with E-state index in [-0.39, 0.29) is 11.9 Å². The zero-order valence-electron chi connectivity index (χ0n) is 13.0. The molecule has 0 spiro atoms. The van der Waals surface area contributed by atoms with Crippen LogP contribution in [0.2, 0.25) is 10.0 Å². The van der Waals surface area contributed by atoms with Crippen LogP contribution in [0.5, 0.6) is 0 Å². The predicted octanol–water partition coefficient (Wildman–Crippen LogP) is 3.39. The largest absolute Gasteiger partial charge is 0.468 e. The topological polar surface area (TPSA) is 54.7 Å². The summed E-state index contributed by atoms with van der Waals surface area (Å²) in [6.07, 6.45) is 1.64. The third-order valence-electron chi connectivity index (χ3n) is 3.99. The number of carbonyl (C=O) groups is 1. The molecule has 0 saturated carbocycles. The number of ether oxygens (including phenoxy) is 1. The van der Waals surface area contributed by atoms with Crippen LogP contribution in [-0.2, 0) is 4.74 Å². The van der Waals surface area contributed by atoms with Crippen LogP contribution in [0.4, 0.5) is 0 Å². The van der Waals surface area contributed by atoms with E-state index >= 15 is 0 Å². The Morgan fingerprint density at radius 3 is 2.71 bits per heavy atom. The molecule has 1 aromatic carbocycles. The van der Waals surface area contributed by atoms with Crippen molar-refractivity contribution in [1.29, 1.82) is 0 Å². The summed E-state index contributed by atoms with van der Waals surface area (Å²) in [4.78, 5) is 14.7. The van der Waals surface area contributed by atoms with Gasteiger partial charge >= 0.3 is 0 Å². The van der Waals surface area contributed by atoms with Crippen molar-refractivity contribution in [1.82, 2.24) is 10.2 Å². The Balaban J connectivity index is 1.70. The van der Waals surface area contributed by atoms with E-state index in [4.69, 9.17) is 32.4 Å². The molecule has 2 aromatic rings. The summed E-state index contributed by atoms with van der Waals surface area (Å²) in [6.45, 7) is 3.36. The van der Waals surface area contributed by atoms with Crippen molar-refractivity contribution >= 4 is 29.1 Å². The standard InChI is InChI=1S/C17H18Cl2N2O3/c18-12-3-4-13(14(19)10-12)17(22)20-11-15(16-2-1-7-24-16)21-5-8-23-9-6-21/h1-4,7,10,15H,5-6,8-9,11H2,(H,20,22). The molecule has 1 atom stereocenters. The van der Waals surface area contributed by atoms with Gasteiger partial charge < -0.3 is 14.5 Å². The number of amides is 1. The highest BCUT2D eigenvalue weighted by atomic mass is 35.5. The van der Waals surface area contributed by atoms with Crippen LogP contribution in [0, 0.1) is 0 Å². The van der Waals surface area contributed by atoms with E-state index in [2.05, 4.69) is 10.2 Å². The van der Waals surface area contributed by atoms with Crippen molar-refractivity contribution in [3.63, 3.8) is 0 Å². The number of hydrogen-bond donors (Lipinski definition) is 1. The first kappa shape index (κ1) is 17.3. The molecule has 1 N–H and O–H groups in total. The van der Waals surface area contributed by atoms with Crippen LogP contribution < -0.4 is 5.32 Å². The Morgan fingerprint density at radius 1 is 1.25 bits per heavy atom. The molecule has 1 aliphatic heterocycles. The first-order chi connectivity index (χ1) is 11.6. The Hall–Kier alpha value is -1.53. The highest BCUT2D eigenvalue weighted by Crippen LogP contribution is 2.23. The molecule has 128 valence electrons. The molecular formula is C17H18Cl2N2O3. The van der Waals surface area contributed by atoms with Gasteiger partial charge in [-0.1, -0.05) is 23.2 Å². The summed E-state index contributed by atoms with van der Waals surface area (Å²) < 4.78 is 10.9. The van der Waals surface area contributed by atoms with Crippen molar-refractivity contribution in [2.75, 3.05) is 32.8 Å². The number of morpholine rings is 1. The minimum atomic E-state index is -0.235. The van der Waals surface area contributed by atoms with E-state index in [9.17, 15) is 4.79 Å². The Kier molecular flexibility index (Phi) is 5.79. The molecule has 1 aliphatic rings. The van der Waals surface area contributed by atoms with Crippen LogP contribution in [0.15, 0.2) is 41.0 Å². The first-order valence-corrected chi connectivity index (χ1v) is 8.49. The third-order valence-corrected chi connectivity index (χ3v) is 4.54. The zero-order chi connectivity index (χ0) is 16.9. The summed E-state index contributed by atoms with van der Waals surface area (Å²) in [5.74, 6) is 0.584. The lowest BCUT2D eigenvalue weighted by Crippen LogP contribution is -2.43. The van der Waals surface area contributed by atoms with E-state index < -0.39 is 0 Å². The molecule has 1 fully saturated rings. The van der Waals surface area contributed by atoms with Gasteiger partial charge in [0, 0.05) is 24.7 Å². The molecular weight excluding hydrogens is 351 g/mol. The van der Waals surface area contributed by atoms with Crippen molar-refractivity contribution in [2.24, 2.45) is 0 Å². The smallest absolute Gasteiger partial charge is 0.252 e. The van der Waals surface area contributed by atoms with Gasteiger partial charge in [0.15, 0.2) is 0 Å². The van der Waals surface area contributed by atoms with Gasteiger partial charge in [-0.2, -0.15) is 0 Å². The van der Waals surface area contributed by atoms with Crippen LogP contribution in [0.3, 0.4) is 0 Å². The Labute approximate surface area is 150 Å². The minimum Gasteiger partial charge on any atom is -0.468 e. The molecule has 5 nitrogen and oxygen atoms in total. The lowest BCUT2D eigenvalue weighted by molar-refractivity contribution is 0.0118. The van der Waals surface area contributed by atoms with Crippen molar-refractivity contribution < 1.29 is 13.9 Å². The number of hydrogen-bond acceptors (Lipinski definition) is 4. The monoisotopic (exact) mass is 368 g/mol. The normalized spacial score (nSPS) is 16.8. The number of nitrogens with zero attached hydrogens (tertiary/aromatic N) is 1. The lowest BCUT2D eigenvalue weighted by Gasteiger charge is -2.33. The van der Waals surface area contributed by atoms with Gasteiger partial charge in [-0.25, -0.2) is 0 Å². The highest BCUT2D eigenvalue weighted by Gasteiger charge is 2.25. The predicted molar refractivity (Wildman–Crippen MR) is 92.6 cm³/mol. The number of nitrogens with one attached hydrogen (secondary N) is 1. The van der Waals surface area contributed by atoms with Gasteiger partial charge in [-0.05, 0) is 30.3 Å². The van der Waals surface area contributed by atoms with Crippen molar-refractivity contribution in [3.05, 3.63) is 58.0 Å². The average Bonchev–Trinajstić information content (AvgIpc) is 3.10. The maximum atomic E-state index is 12.4. The summed E-state index contributed by atoms with van der Waals surface area (Å²) in [7, 11) is 0. The molecule has 0 aliphatic carbocycles. The van der Waals surface area contributed by atoms with E-state index in [0.29, 0.717) is 35.4 Å². The van der Waals surface area contributed by atoms with E-state index in [1.807, 2.05) is 12.1 Å². The maximum absolute atomic E-state index is 12.4. The van der Waals surface area contributed by atoms with E-state index in [0.717, 1.165) is 18.8 Å². The molecule has 3 rings (SSSR count). The molecule has 1 unspecified atom stereocenters. The SMILES string of the molecule is O=C(NCC(c1ccco1)N1CCOCC1)c1ccc(Cl)cc1Cl. The fraction of sp³-hybridized carbons (Fsp3) is 0.353. The molecule has 1 saturated heterocycles. The summed E-state index contributed by atoms with van der Waals surface area (Å²) in [5, 5.41) is 3.77. The third kappa shape index (κ3) is 4.11. The Bertz CT molecular complexity index is 685. The Morgan fingerprint density at radius 2 is 2.04 bits per heavy atom. The summed E-state index contributed by atoms with van der Waals surface area (Å²) >= 11 is 12.0. The van der Waals surface area contributed by atoms with Gasteiger partial charge in [0.2, 0.25) is 0 Å². The maximum Gasteiger partial charge on any atom is 0.252 e. The molecule has 0 radical (unpaired) electrons. The molecule has 1 aromatic heterocycles. The molecule has 7 heteroatoms. The fourth-order valence-corrected chi connectivity index (χ4v) is 3.23. The van der Waals surface area contributed by atoms with Gasteiger partial charge in [-0.15, -0.1) is 0 Å². The minimum absolute atomic E-state index is 0.0427. The fourth-order valence-electron chi connectivity index (χ4n) is 2.74. The lowest BCUT2D eigenvalue weighted by atomic mass is 10.1. The number of rotatable bonds is 5. The van der Waals surface area contributed by atoms with Crippen LogP contribution in [0.25, 0.3) is 0 Å². The quantitative estimate of drug-likeness (QED) is 0.878. The molecule has 2 heterocycles. The van der Waals surface area contributed by atoms with Gasteiger partial charge in [0.1, 0.15) is 5.76 Å². The second-order valence-electron chi connectivity index (χ2n) is 5.51. The number of carbonyl (C=O) groups excluding carboxylic acids is 1. The van der Waals surface area contributed by atoms with Crippen molar-refractivity contribution in [2.45, 2.75) is 6.04 Å². The van der Waals surface area contributed by atoms with Crippen LogP contribution >= 0.6 is 23.2 Å². The first-order valence-electron chi connectivity index (χ1n) is 7.73. The van der Waals surface area contributed by atoms with Gasteiger partial charge in [0.05, 0.1) is 36.1 Å². The molecule has 1 amide bonds.